The fourth-order valence-electron chi connectivity index (χ4n) is 8.18. The first-order chi connectivity index (χ1) is 30.1. The summed E-state index contributed by atoms with van der Waals surface area (Å²) in [4.78, 5) is 17.7. The highest BCUT2D eigenvalue weighted by Crippen LogP contribution is 2.31. The van der Waals surface area contributed by atoms with E-state index >= 15 is 0 Å². The Hall–Kier alpha value is -4.99. The zero-order valence-corrected chi connectivity index (χ0v) is 35.9. The largest absolute Gasteiger partial charge is 0.492 e. The van der Waals surface area contributed by atoms with Gasteiger partial charge in [0.05, 0.1) is 6.54 Å². The van der Waals surface area contributed by atoms with E-state index in [-0.39, 0.29) is 42.6 Å². The first-order valence-corrected chi connectivity index (χ1v) is 22.1. The Balaban J connectivity index is 0.000000188. The van der Waals surface area contributed by atoms with Gasteiger partial charge in [-0.3, -0.25) is 9.47 Å². The number of nitrogens with one attached hydrogen (secondary N) is 1. The van der Waals surface area contributed by atoms with Crippen LogP contribution in [0.15, 0.2) is 95.8 Å². The number of anilines is 1. The number of hydrogen-bond donors (Lipinski definition) is 3. The number of aliphatic hydroxyl groups is 2. The van der Waals surface area contributed by atoms with Crippen LogP contribution in [-0.2, 0) is 32.4 Å². The van der Waals surface area contributed by atoms with E-state index in [2.05, 4.69) is 26.3 Å². The van der Waals surface area contributed by atoms with Crippen molar-refractivity contribution in [3.05, 3.63) is 135 Å². The smallest absolute Gasteiger partial charge is 0.346 e. The van der Waals surface area contributed by atoms with Gasteiger partial charge in [-0.15, -0.1) is 0 Å². The Labute approximate surface area is 366 Å². The SMILES string of the molecule is CCc1nn(CCCN2CCN(c3cccc(Cl)c3)CC2)c(=O)n1CCOc1ccccc1.OC(CNCC(O)C1CCc2cc(F)ccc2O1)C1CCc2cc(F)ccc2O1. The van der Waals surface area contributed by atoms with Gasteiger partial charge >= 0.3 is 5.69 Å². The van der Waals surface area contributed by atoms with Gasteiger partial charge in [0.25, 0.3) is 0 Å². The molecule has 0 radical (unpaired) electrons. The van der Waals surface area contributed by atoms with Crippen molar-refractivity contribution < 1.29 is 33.2 Å². The Morgan fingerprint density at radius 1 is 0.806 bits per heavy atom. The van der Waals surface area contributed by atoms with Crippen LogP contribution in [0.5, 0.6) is 17.2 Å². The topological polar surface area (TPSA) is 126 Å². The lowest BCUT2D eigenvalue weighted by molar-refractivity contribution is 0.00892. The summed E-state index contributed by atoms with van der Waals surface area (Å²) in [5.74, 6) is 2.25. The number of nitrogens with zero attached hydrogens (tertiary/aromatic N) is 5. The number of benzene rings is 4. The maximum absolute atomic E-state index is 13.3. The first-order valence-electron chi connectivity index (χ1n) is 21.7. The Kier molecular flexibility index (Phi) is 15.9. The monoisotopic (exact) mass is 874 g/mol. The summed E-state index contributed by atoms with van der Waals surface area (Å²) >= 11 is 6.13. The van der Waals surface area contributed by atoms with Gasteiger partial charge in [0, 0.05) is 69.5 Å². The predicted octanol–water partition coefficient (Wildman–Crippen LogP) is 5.92. The van der Waals surface area contributed by atoms with Crippen molar-refractivity contribution in [3.63, 3.8) is 0 Å². The van der Waals surface area contributed by atoms with Gasteiger partial charge in [0.15, 0.2) is 0 Å². The zero-order chi connectivity index (χ0) is 43.4. The second kappa shape index (κ2) is 21.9. The van der Waals surface area contributed by atoms with E-state index < -0.39 is 12.2 Å². The Bertz CT molecular complexity index is 2180. The minimum Gasteiger partial charge on any atom is -0.492 e. The van der Waals surface area contributed by atoms with Gasteiger partial charge in [-0.25, -0.2) is 18.3 Å². The maximum Gasteiger partial charge on any atom is 0.346 e. The molecule has 8 rings (SSSR count). The van der Waals surface area contributed by atoms with Crippen LogP contribution in [-0.4, -0.2) is 106 Å². The van der Waals surface area contributed by atoms with Crippen LogP contribution in [0.3, 0.4) is 0 Å². The minimum atomic E-state index is -0.753. The molecule has 0 saturated carbocycles. The molecule has 5 aromatic rings. The number of hydrogen-bond acceptors (Lipinski definition) is 10. The number of fused-ring (bicyclic) bond motifs is 2. The van der Waals surface area contributed by atoms with Gasteiger partial charge in [0.2, 0.25) is 0 Å². The molecule has 1 aromatic heterocycles. The number of aromatic nitrogens is 3. The van der Waals surface area contributed by atoms with Gasteiger partial charge in [-0.05, 0) is 110 Å². The molecule has 1 saturated heterocycles. The van der Waals surface area contributed by atoms with Gasteiger partial charge in [0.1, 0.15) is 65.7 Å². The van der Waals surface area contributed by atoms with Crippen LogP contribution in [0.25, 0.3) is 0 Å². The molecule has 0 spiro atoms. The summed E-state index contributed by atoms with van der Waals surface area (Å²) in [6.45, 7) is 9.06. The molecule has 4 aromatic carbocycles. The van der Waals surface area contributed by atoms with Gasteiger partial charge in [-0.2, -0.15) is 5.10 Å². The van der Waals surface area contributed by atoms with Crippen molar-refractivity contribution >= 4 is 17.3 Å². The highest BCUT2D eigenvalue weighted by molar-refractivity contribution is 6.30. The Morgan fingerprint density at radius 2 is 1.44 bits per heavy atom. The molecule has 3 aliphatic heterocycles. The molecule has 3 aliphatic rings. The molecular weight excluding hydrogens is 818 g/mol. The van der Waals surface area contributed by atoms with E-state index in [9.17, 15) is 23.8 Å². The lowest BCUT2D eigenvalue weighted by Crippen LogP contribution is -2.46. The van der Waals surface area contributed by atoms with Crippen LogP contribution >= 0.6 is 11.6 Å². The van der Waals surface area contributed by atoms with Crippen LogP contribution < -0.4 is 30.1 Å². The van der Waals surface area contributed by atoms with Crippen molar-refractivity contribution in [2.75, 3.05) is 57.3 Å². The van der Waals surface area contributed by atoms with Crippen LogP contribution in [0.2, 0.25) is 5.02 Å². The van der Waals surface area contributed by atoms with Crippen molar-refractivity contribution in [2.24, 2.45) is 0 Å². The Morgan fingerprint density at radius 3 is 2.03 bits per heavy atom. The standard InChI is InChI=1S/C25H32ClN5O2.C22H25F2NO4/c1-2-24-27-31(25(32)30(24)18-19-33-23-10-4-3-5-11-23)13-7-12-28-14-16-29(17-15-28)22-9-6-8-21(26)20-22;23-15-3-7-19-13(9-15)1-5-21(28-19)17(26)11-25-12-18(27)22-6-2-14-10-16(24)4-8-20(14)29-22/h3-6,8-11,20H,2,7,12-19H2,1H3;3-4,7-10,17-18,21-22,25-27H,1-2,5-6,11-12H2. The lowest BCUT2D eigenvalue weighted by atomic mass is 9.98. The van der Waals surface area contributed by atoms with Crippen molar-refractivity contribution in [2.45, 2.75) is 83.0 Å². The van der Waals surface area contributed by atoms with Crippen molar-refractivity contribution in [1.29, 1.82) is 0 Å². The molecule has 4 atom stereocenters. The molecule has 3 N–H and O–H groups in total. The first kappa shape index (κ1) is 45.0. The molecular formula is C47H57ClF2N6O6. The third kappa shape index (κ3) is 12.1. The number of aryl methyl sites for hydroxylation is 4. The molecule has 62 heavy (non-hydrogen) atoms. The summed E-state index contributed by atoms with van der Waals surface area (Å²) in [6.07, 6.45) is 1.84. The number of aliphatic hydroxyl groups excluding tert-OH is 2. The number of para-hydroxylation sites is 1. The average Bonchev–Trinajstić information content (AvgIpc) is 3.59. The second-order valence-electron chi connectivity index (χ2n) is 15.9. The van der Waals surface area contributed by atoms with E-state index in [1.807, 2.05) is 55.5 Å². The maximum atomic E-state index is 13.3. The quantitative estimate of drug-likeness (QED) is 0.110. The highest BCUT2D eigenvalue weighted by atomic mass is 35.5. The van der Waals surface area contributed by atoms with E-state index in [4.69, 9.17) is 25.8 Å². The third-order valence-electron chi connectivity index (χ3n) is 11.6. The van der Waals surface area contributed by atoms with Crippen LogP contribution in [0.4, 0.5) is 14.5 Å². The zero-order valence-electron chi connectivity index (χ0n) is 35.2. The van der Waals surface area contributed by atoms with Crippen LogP contribution in [0, 0.1) is 11.6 Å². The summed E-state index contributed by atoms with van der Waals surface area (Å²) in [6, 6.07) is 26.5. The number of halogens is 3. The van der Waals surface area contributed by atoms with Crippen LogP contribution in [0.1, 0.15) is 43.1 Å². The van der Waals surface area contributed by atoms with E-state index in [1.54, 1.807) is 21.4 Å². The summed E-state index contributed by atoms with van der Waals surface area (Å²) in [5.41, 5.74) is 2.76. The van der Waals surface area contributed by atoms with E-state index in [0.717, 1.165) is 73.3 Å². The predicted molar refractivity (Wildman–Crippen MR) is 236 cm³/mol. The number of piperazine rings is 1. The lowest BCUT2D eigenvalue weighted by Gasteiger charge is -2.36. The van der Waals surface area contributed by atoms with Crippen molar-refractivity contribution in [1.82, 2.24) is 24.6 Å². The molecule has 332 valence electrons. The molecule has 4 unspecified atom stereocenters. The fraction of sp³-hybridized carbons (Fsp3) is 0.447. The molecule has 0 aliphatic carbocycles. The van der Waals surface area contributed by atoms with Gasteiger partial charge < -0.3 is 34.6 Å². The average molecular weight is 875 g/mol. The van der Waals surface area contributed by atoms with E-state index in [1.165, 1.54) is 30.0 Å². The minimum absolute atomic E-state index is 0.0470. The van der Waals surface area contributed by atoms with Crippen molar-refractivity contribution in [3.8, 4) is 17.2 Å². The van der Waals surface area contributed by atoms with Gasteiger partial charge in [-0.1, -0.05) is 42.8 Å². The summed E-state index contributed by atoms with van der Waals surface area (Å²) in [7, 11) is 0. The number of rotatable bonds is 16. The molecule has 0 amide bonds. The molecule has 4 heterocycles. The molecule has 12 nitrogen and oxygen atoms in total. The normalized spacial score (nSPS) is 18.3. The number of ether oxygens (including phenoxy) is 3. The summed E-state index contributed by atoms with van der Waals surface area (Å²) in [5, 5.41) is 29.3. The highest BCUT2D eigenvalue weighted by Gasteiger charge is 2.29. The molecule has 1 fully saturated rings. The fourth-order valence-corrected chi connectivity index (χ4v) is 8.36. The van der Waals surface area contributed by atoms with E-state index in [0.29, 0.717) is 56.9 Å². The molecule has 0 bridgehead atoms. The molecule has 15 heteroatoms. The third-order valence-corrected chi connectivity index (χ3v) is 11.8. The second-order valence-corrected chi connectivity index (χ2v) is 16.4. The summed E-state index contributed by atoms with van der Waals surface area (Å²) < 4.78 is 47.3.